The number of nitrogens with zero attached hydrogens (tertiary/aromatic N) is 2. The minimum atomic E-state index is -4.39. The Kier molecular flexibility index (Phi) is 4.06. The molecule has 1 N–H and O–H groups in total. The Bertz CT molecular complexity index is 578. The number of nitrogens with one attached hydrogen (secondary N) is 1. The van der Waals surface area contributed by atoms with Crippen molar-refractivity contribution in [2.45, 2.75) is 6.18 Å². The number of halogens is 4. The number of thiophene rings is 1. The van der Waals surface area contributed by atoms with Gasteiger partial charge in [0.2, 0.25) is 0 Å². The predicted molar refractivity (Wildman–Crippen MR) is 69.8 cm³/mol. The van der Waals surface area contributed by atoms with Crippen molar-refractivity contribution in [2.75, 3.05) is 5.43 Å². The SMILES string of the molecule is FC(F)(F)c1ccc(N/N=C\c2ccc(Cl)s2)nc1. The summed E-state index contributed by atoms with van der Waals surface area (Å²) >= 11 is 7.07. The van der Waals surface area contributed by atoms with E-state index in [0.29, 0.717) is 4.34 Å². The predicted octanol–water partition coefficient (Wildman–Crippen LogP) is 4.26. The molecular formula is C11H7ClF3N3S. The first-order chi connectivity index (χ1) is 8.95. The zero-order valence-electron chi connectivity index (χ0n) is 9.28. The summed E-state index contributed by atoms with van der Waals surface area (Å²) in [7, 11) is 0. The molecule has 2 rings (SSSR count). The van der Waals surface area contributed by atoms with Gasteiger partial charge in [-0.3, -0.25) is 5.43 Å². The number of hydrogen-bond acceptors (Lipinski definition) is 4. The first kappa shape index (κ1) is 13.8. The maximum absolute atomic E-state index is 12.3. The summed E-state index contributed by atoms with van der Waals surface area (Å²) in [5, 5.41) is 3.85. The maximum atomic E-state index is 12.3. The molecule has 3 nitrogen and oxygen atoms in total. The molecule has 0 fully saturated rings. The van der Waals surface area contributed by atoms with Crippen molar-refractivity contribution >= 4 is 35.0 Å². The van der Waals surface area contributed by atoms with Crippen LogP contribution in [0.3, 0.4) is 0 Å². The molecule has 2 heterocycles. The lowest BCUT2D eigenvalue weighted by Crippen LogP contribution is -2.05. The van der Waals surface area contributed by atoms with Crippen LogP contribution in [0.5, 0.6) is 0 Å². The summed E-state index contributed by atoms with van der Waals surface area (Å²) in [6.45, 7) is 0. The molecule has 19 heavy (non-hydrogen) atoms. The average molecular weight is 306 g/mol. The Morgan fingerprint density at radius 2 is 2.05 bits per heavy atom. The molecule has 100 valence electrons. The molecular weight excluding hydrogens is 299 g/mol. The van der Waals surface area contributed by atoms with Crippen LogP contribution in [-0.2, 0) is 6.18 Å². The third kappa shape index (κ3) is 3.93. The van der Waals surface area contributed by atoms with E-state index in [1.165, 1.54) is 23.6 Å². The number of hydrogen-bond donors (Lipinski definition) is 1. The van der Waals surface area contributed by atoms with E-state index in [4.69, 9.17) is 11.6 Å². The quantitative estimate of drug-likeness (QED) is 0.679. The highest BCUT2D eigenvalue weighted by molar-refractivity contribution is 7.17. The van der Waals surface area contributed by atoms with E-state index < -0.39 is 11.7 Å². The Morgan fingerprint density at radius 3 is 2.58 bits per heavy atom. The van der Waals surface area contributed by atoms with Crippen molar-refractivity contribution in [3.05, 3.63) is 45.2 Å². The third-order valence-electron chi connectivity index (χ3n) is 2.06. The van der Waals surface area contributed by atoms with Gasteiger partial charge in [-0.25, -0.2) is 4.98 Å². The van der Waals surface area contributed by atoms with Gasteiger partial charge in [0.15, 0.2) is 0 Å². The van der Waals surface area contributed by atoms with Gasteiger partial charge >= 0.3 is 6.18 Å². The molecule has 0 saturated carbocycles. The van der Waals surface area contributed by atoms with E-state index in [0.717, 1.165) is 17.1 Å². The number of pyridine rings is 1. The lowest BCUT2D eigenvalue weighted by atomic mass is 10.3. The normalized spacial score (nSPS) is 12.0. The minimum absolute atomic E-state index is 0.229. The summed E-state index contributed by atoms with van der Waals surface area (Å²) in [5.41, 5.74) is 1.74. The second-order valence-corrected chi connectivity index (χ2v) is 5.19. The van der Waals surface area contributed by atoms with Crippen LogP contribution in [0.1, 0.15) is 10.4 Å². The van der Waals surface area contributed by atoms with Crippen molar-refractivity contribution in [3.8, 4) is 0 Å². The second-order valence-electron chi connectivity index (χ2n) is 3.44. The maximum Gasteiger partial charge on any atom is 0.417 e. The second kappa shape index (κ2) is 5.58. The van der Waals surface area contributed by atoms with Crippen LogP contribution in [0.15, 0.2) is 35.6 Å². The molecule has 0 saturated heterocycles. The van der Waals surface area contributed by atoms with Gasteiger partial charge in [0.1, 0.15) is 5.82 Å². The van der Waals surface area contributed by atoms with Gasteiger partial charge in [-0.05, 0) is 24.3 Å². The van der Waals surface area contributed by atoms with Gasteiger partial charge in [-0.2, -0.15) is 18.3 Å². The van der Waals surface area contributed by atoms with Gasteiger partial charge in [0, 0.05) is 11.1 Å². The number of hydrazone groups is 1. The van der Waals surface area contributed by atoms with E-state index in [1.807, 2.05) is 0 Å². The minimum Gasteiger partial charge on any atom is -0.261 e. The van der Waals surface area contributed by atoms with Crippen LogP contribution in [0.25, 0.3) is 0 Å². The number of rotatable bonds is 3. The molecule has 0 amide bonds. The lowest BCUT2D eigenvalue weighted by Gasteiger charge is -2.06. The molecule has 0 radical (unpaired) electrons. The Hall–Kier alpha value is -1.60. The highest BCUT2D eigenvalue weighted by atomic mass is 35.5. The fourth-order valence-electron chi connectivity index (χ4n) is 1.19. The lowest BCUT2D eigenvalue weighted by molar-refractivity contribution is -0.137. The Morgan fingerprint density at radius 1 is 1.26 bits per heavy atom. The van der Waals surface area contributed by atoms with Crippen LogP contribution in [0, 0.1) is 0 Å². The molecule has 0 aromatic carbocycles. The Labute approximate surface area is 115 Å². The smallest absolute Gasteiger partial charge is 0.261 e. The highest BCUT2D eigenvalue weighted by Crippen LogP contribution is 2.28. The standard InChI is InChI=1S/C11H7ClF3N3S/c12-9-3-2-8(19-9)6-17-18-10-4-1-7(5-16-10)11(13,14)15/h1-6H,(H,16,18)/b17-6-. The van der Waals surface area contributed by atoms with Gasteiger partial charge in [-0.1, -0.05) is 11.6 Å². The number of anilines is 1. The third-order valence-corrected chi connectivity index (χ3v) is 3.22. The summed E-state index contributed by atoms with van der Waals surface area (Å²) in [5.74, 6) is 0.229. The van der Waals surface area contributed by atoms with Gasteiger partial charge < -0.3 is 0 Å². The van der Waals surface area contributed by atoms with Gasteiger partial charge in [0.25, 0.3) is 0 Å². The first-order valence-corrected chi connectivity index (χ1v) is 6.22. The molecule has 0 unspecified atom stereocenters. The van der Waals surface area contributed by atoms with Crippen LogP contribution < -0.4 is 5.43 Å². The molecule has 0 aliphatic carbocycles. The van der Waals surface area contributed by atoms with E-state index in [1.54, 1.807) is 12.1 Å². The zero-order valence-corrected chi connectivity index (χ0v) is 10.9. The van der Waals surface area contributed by atoms with Crippen molar-refractivity contribution < 1.29 is 13.2 Å². The topological polar surface area (TPSA) is 37.3 Å². The summed E-state index contributed by atoms with van der Waals surface area (Å²) < 4.78 is 37.5. The molecule has 0 aliphatic rings. The van der Waals surface area contributed by atoms with E-state index >= 15 is 0 Å². The first-order valence-electron chi connectivity index (χ1n) is 5.03. The van der Waals surface area contributed by atoms with Crippen LogP contribution in [-0.4, -0.2) is 11.2 Å². The van der Waals surface area contributed by atoms with Gasteiger partial charge in [-0.15, -0.1) is 11.3 Å². The fraction of sp³-hybridized carbons (Fsp3) is 0.0909. The van der Waals surface area contributed by atoms with E-state index in [2.05, 4.69) is 15.5 Å². The Balaban J connectivity index is 1.98. The zero-order chi connectivity index (χ0) is 13.9. The molecule has 0 atom stereocenters. The molecule has 8 heteroatoms. The fourth-order valence-corrected chi connectivity index (χ4v) is 2.12. The van der Waals surface area contributed by atoms with Crippen molar-refractivity contribution in [2.24, 2.45) is 5.10 Å². The van der Waals surface area contributed by atoms with Crippen LogP contribution in [0.4, 0.5) is 19.0 Å². The van der Waals surface area contributed by atoms with E-state index in [-0.39, 0.29) is 5.82 Å². The van der Waals surface area contributed by atoms with Gasteiger partial charge in [0.05, 0.1) is 16.1 Å². The van der Waals surface area contributed by atoms with Crippen molar-refractivity contribution in [1.82, 2.24) is 4.98 Å². The monoisotopic (exact) mass is 305 g/mol. The molecule has 0 bridgehead atoms. The van der Waals surface area contributed by atoms with Crippen molar-refractivity contribution in [1.29, 1.82) is 0 Å². The molecule has 0 spiro atoms. The van der Waals surface area contributed by atoms with Crippen LogP contribution in [0.2, 0.25) is 4.34 Å². The average Bonchev–Trinajstić information content (AvgIpc) is 2.75. The summed E-state index contributed by atoms with van der Waals surface area (Å²) in [6, 6.07) is 5.65. The van der Waals surface area contributed by atoms with Crippen molar-refractivity contribution in [3.63, 3.8) is 0 Å². The molecule has 0 aliphatic heterocycles. The molecule has 2 aromatic rings. The largest absolute Gasteiger partial charge is 0.417 e. The van der Waals surface area contributed by atoms with Crippen LogP contribution >= 0.6 is 22.9 Å². The van der Waals surface area contributed by atoms with E-state index in [9.17, 15) is 13.2 Å². The summed E-state index contributed by atoms with van der Waals surface area (Å²) in [4.78, 5) is 4.44. The highest BCUT2D eigenvalue weighted by Gasteiger charge is 2.30. The summed E-state index contributed by atoms with van der Waals surface area (Å²) in [6.07, 6.45) is -2.13. The number of aromatic nitrogens is 1. The molecule has 2 aromatic heterocycles. The number of alkyl halides is 3.